The van der Waals surface area contributed by atoms with Crippen molar-refractivity contribution in [2.45, 2.75) is 25.8 Å². The highest BCUT2D eigenvalue weighted by Crippen LogP contribution is 2.41. The van der Waals surface area contributed by atoms with Gasteiger partial charge in [0.25, 0.3) is 0 Å². The minimum absolute atomic E-state index is 0. The van der Waals surface area contributed by atoms with E-state index in [1.807, 2.05) is 6.07 Å². The molecule has 0 bridgehead atoms. The van der Waals surface area contributed by atoms with Crippen molar-refractivity contribution in [3.63, 3.8) is 0 Å². The van der Waals surface area contributed by atoms with Crippen LogP contribution >= 0.6 is 52.3 Å². The van der Waals surface area contributed by atoms with Crippen LogP contribution in [0.4, 0.5) is 0 Å². The van der Waals surface area contributed by atoms with Crippen molar-refractivity contribution in [2.24, 2.45) is 0 Å². The van der Waals surface area contributed by atoms with E-state index in [2.05, 4.69) is 33.1 Å². The van der Waals surface area contributed by atoms with Gasteiger partial charge in [0.15, 0.2) is 0 Å². The fourth-order valence-corrected chi connectivity index (χ4v) is 3.27. The Kier molecular flexibility index (Phi) is 10.3. The number of benzene rings is 1. The van der Waals surface area contributed by atoms with E-state index < -0.39 is 0 Å². The first-order valence-corrected chi connectivity index (χ1v) is 7.94. The zero-order valence-corrected chi connectivity index (χ0v) is 15.9. The molecule has 2 rings (SSSR count). The second kappa shape index (κ2) is 10.1. The minimum Gasteiger partial charge on any atom is -0.506 e. The standard InChI is InChI=1S/C14H20BrClN2O.2ClH/c1-2-3-12(18-8-6-17-7-9-18)13-11(16)5-4-10(15)14(13)19;;/h4-5,12,17,19H,2-3,6-9H2,1H3;2*1H/t12-;;/m1../s1. The molecule has 0 unspecified atom stereocenters. The van der Waals surface area contributed by atoms with Gasteiger partial charge in [-0.1, -0.05) is 24.9 Å². The number of rotatable bonds is 4. The molecule has 7 heteroatoms. The van der Waals surface area contributed by atoms with Crippen LogP contribution in [-0.4, -0.2) is 36.2 Å². The van der Waals surface area contributed by atoms with Crippen LogP contribution in [0.15, 0.2) is 16.6 Å². The molecule has 1 aromatic carbocycles. The zero-order valence-electron chi connectivity index (χ0n) is 11.9. The maximum absolute atomic E-state index is 10.3. The first kappa shape index (κ1) is 21.3. The van der Waals surface area contributed by atoms with Crippen LogP contribution < -0.4 is 5.32 Å². The summed E-state index contributed by atoms with van der Waals surface area (Å²) in [5.74, 6) is 0.282. The third kappa shape index (κ3) is 5.15. The number of hydrogen-bond donors (Lipinski definition) is 2. The third-order valence-corrected chi connectivity index (χ3v) is 4.57. The van der Waals surface area contributed by atoms with Gasteiger partial charge in [0.1, 0.15) is 5.75 Å². The summed E-state index contributed by atoms with van der Waals surface area (Å²) in [6.45, 7) is 6.14. The van der Waals surface area contributed by atoms with Gasteiger partial charge in [-0.25, -0.2) is 0 Å². The quantitative estimate of drug-likeness (QED) is 0.758. The lowest BCUT2D eigenvalue weighted by Crippen LogP contribution is -2.45. The van der Waals surface area contributed by atoms with E-state index in [9.17, 15) is 5.11 Å². The fourth-order valence-electron chi connectivity index (χ4n) is 2.65. The van der Waals surface area contributed by atoms with E-state index in [4.69, 9.17) is 11.6 Å². The molecule has 3 nitrogen and oxygen atoms in total. The van der Waals surface area contributed by atoms with Gasteiger partial charge >= 0.3 is 0 Å². The lowest BCUT2D eigenvalue weighted by atomic mass is 9.98. The molecule has 122 valence electrons. The molecular formula is C14H22BrCl3N2O. The van der Waals surface area contributed by atoms with Gasteiger partial charge < -0.3 is 10.4 Å². The summed E-state index contributed by atoms with van der Waals surface area (Å²) in [4.78, 5) is 2.41. The summed E-state index contributed by atoms with van der Waals surface area (Å²) in [5.41, 5.74) is 0.861. The molecule has 0 saturated carbocycles. The van der Waals surface area contributed by atoms with E-state index in [1.54, 1.807) is 6.07 Å². The van der Waals surface area contributed by atoms with E-state index >= 15 is 0 Å². The second-order valence-electron chi connectivity index (χ2n) is 4.88. The molecule has 1 heterocycles. The maximum Gasteiger partial charge on any atom is 0.136 e. The number of aromatic hydroxyl groups is 1. The number of hydrogen-bond acceptors (Lipinski definition) is 3. The van der Waals surface area contributed by atoms with Gasteiger partial charge in [-0.15, -0.1) is 24.8 Å². The Balaban J connectivity index is 0.00000200. The van der Waals surface area contributed by atoms with E-state index in [0.29, 0.717) is 9.50 Å². The third-order valence-electron chi connectivity index (χ3n) is 3.60. The minimum atomic E-state index is 0. The highest BCUT2D eigenvalue weighted by molar-refractivity contribution is 9.10. The molecule has 0 aromatic heterocycles. The van der Waals surface area contributed by atoms with E-state index in [0.717, 1.165) is 44.6 Å². The molecule has 1 saturated heterocycles. The van der Waals surface area contributed by atoms with E-state index in [1.165, 1.54) is 0 Å². The van der Waals surface area contributed by atoms with Crippen LogP contribution in [0.25, 0.3) is 0 Å². The Morgan fingerprint density at radius 2 is 1.95 bits per heavy atom. The van der Waals surface area contributed by atoms with Crippen molar-refractivity contribution in [2.75, 3.05) is 26.2 Å². The van der Waals surface area contributed by atoms with Crippen LogP contribution in [0.5, 0.6) is 5.75 Å². The van der Waals surface area contributed by atoms with Gasteiger partial charge in [-0.2, -0.15) is 0 Å². The van der Waals surface area contributed by atoms with Crippen molar-refractivity contribution in [1.82, 2.24) is 10.2 Å². The number of phenols is 1. The lowest BCUT2D eigenvalue weighted by Gasteiger charge is -2.36. The molecule has 1 aromatic rings. The average molecular weight is 421 g/mol. The van der Waals surface area contributed by atoms with Gasteiger partial charge in [0.05, 0.1) is 4.47 Å². The van der Waals surface area contributed by atoms with Crippen molar-refractivity contribution < 1.29 is 5.11 Å². The van der Waals surface area contributed by atoms with Gasteiger partial charge in [-0.3, -0.25) is 4.90 Å². The first-order chi connectivity index (χ1) is 9.15. The normalized spacial score (nSPS) is 16.7. The van der Waals surface area contributed by atoms with Crippen LogP contribution in [0.2, 0.25) is 5.02 Å². The van der Waals surface area contributed by atoms with Crippen LogP contribution in [-0.2, 0) is 0 Å². The molecule has 0 aliphatic carbocycles. The van der Waals surface area contributed by atoms with Gasteiger partial charge in [0.2, 0.25) is 0 Å². The Hall–Kier alpha value is 0.290. The van der Waals surface area contributed by atoms with Gasteiger partial charge in [-0.05, 0) is 34.5 Å². The molecule has 0 amide bonds. The molecule has 21 heavy (non-hydrogen) atoms. The summed E-state index contributed by atoms with van der Waals surface area (Å²) in [6.07, 6.45) is 2.07. The van der Waals surface area contributed by atoms with Crippen molar-refractivity contribution in [1.29, 1.82) is 0 Å². The predicted octanol–water partition coefficient (Wildman–Crippen LogP) is 4.40. The highest BCUT2D eigenvalue weighted by atomic mass is 79.9. The van der Waals surface area contributed by atoms with Crippen molar-refractivity contribution in [3.8, 4) is 5.75 Å². The van der Waals surface area contributed by atoms with Crippen molar-refractivity contribution in [3.05, 3.63) is 27.2 Å². The summed E-state index contributed by atoms with van der Waals surface area (Å²) in [6, 6.07) is 3.84. The SMILES string of the molecule is CCC[C@H](c1c(Cl)ccc(Br)c1O)N1CCNCC1.Cl.Cl. The first-order valence-electron chi connectivity index (χ1n) is 6.76. The Morgan fingerprint density at radius 1 is 1.33 bits per heavy atom. The Labute approximate surface area is 152 Å². The van der Waals surface area contributed by atoms with Crippen LogP contribution in [0, 0.1) is 0 Å². The number of nitrogens with one attached hydrogen (secondary N) is 1. The largest absolute Gasteiger partial charge is 0.506 e. The monoisotopic (exact) mass is 418 g/mol. The van der Waals surface area contributed by atoms with Crippen LogP contribution in [0.1, 0.15) is 31.4 Å². The number of nitrogens with zero attached hydrogens (tertiary/aromatic N) is 1. The molecule has 2 N–H and O–H groups in total. The smallest absolute Gasteiger partial charge is 0.136 e. The van der Waals surface area contributed by atoms with Crippen molar-refractivity contribution >= 4 is 52.3 Å². The molecule has 1 atom stereocenters. The summed E-state index contributed by atoms with van der Waals surface area (Å²) >= 11 is 9.71. The number of halogens is 4. The Morgan fingerprint density at radius 3 is 2.52 bits per heavy atom. The summed E-state index contributed by atoms with van der Waals surface area (Å²) < 4.78 is 0.711. The topological polar surface area (TPSA) is 35.5 Å². The highest BCUT2D eigenvalue weighted by Gasteiger charge is 2.26. The molecular weight excluding hydrogens is 398 g/mol. The predicted molar refractivity (Wildman–Crippen MR) is 97.4 cm³/mol. The summed E-state index contributed by atoms with van der Waals surface area (Å²) in [5, 5.41) is 14.3. The number of phenolic OH excluding ortho intramolecular Hbond substituents is 1. The second-order valence-corrected chi connectivity index (χ2v) is 6.14. The molecule has 1 aliphatic rings. The maximum atomic E-state index is 10.3. The number of piperazine rings is 1. The van der Waals surface area contributed by atoms with E-state index in [-0.39, 0.29) is 36.6 Å². The fraction of sp³-hybridized carbons (Fsp3) is 0.571. The lowest BCUT2D eigenvalue weighted by molar-refractivity contribution is 0.162. The molecule has 0 radical (unpaired) electrons. The molecule has 1 fully saturated rings. The molecule has 0 spiro atoms. The Bertz CT molecular complexity index is 442. The zero-order chi connectivity index (χ0) is 13.8. The average Bonchev–Trinajstić information content (AvgIpc) is 2.43. The molecule has 1 aliphatic heterocycles. The van der Waals surface area contributed by atoms with Crippen LogP contribution in [0.3, 0.4) is 0 Å². The van der Waals surface area contributed by atoms with Gasteiger partial charge in [0, 0.05) is 42.8 Å². The summed E-state index contributed by atoms with van der Waals surface area (Å²) in [7, 11) is 0.